The molecule has 0 radical (unpaired) electrons. The van der Waals surface area contributed by atoms with Crippen molar-refractivity contribution >= 4 is 17.8 Å². The molecule has 0 saturated heterocycles. The molecule has 0 aliphatic rings. The van der Waals surface area contributed by atoms with Crippen molar-refractivity contribution in [2.45, 2.75) is 48.6 Å². The quantitative estimate of drug-likeness (QED) is 0.174. The summed E-state index contributed by atoms with van der Waals surface area (Å²) in [6.45, 7) is -0.139. The maximum atomic E-state index is 13.4. The van der Waals surface area contributed by atoms with Crippen LogP contribution in [0.2, 0.25) is 0 Å². The van der Waals surface area contributed by atoms with E-state index in [0.717, 1.165) is 6.08 Å². The molecule has 0 aliphatic carbocycles. The van der Waals surface area contributed by atoms with E-state index in [4.69, 9.17) is 0 Å². The number of hydrogen-bond donors (Lipinski definition) is 0. The van der Waals surface area contributed by atoms with Gasteiger partial charge in [-0.2, -0.15) is 68.8 Å². The summed E-state index contributed by atoms with van der Waals surface area (Å²) in [6, 6.07) is 0. The Balaban J connectivity index is 5.42. The Bertz CT molecular complexity index is 568. The molecule has 0 aromatic heterocycles. The van der Waals surface area contributed by atoms with E-state index in [1.54, 1.807) is 0 Å². The van der Waals surface area contributed by atoms with Gasteiger partial charge in [-0.1, -0.05) is 0 Å². The molecule has 0 aliphatic heterocycles. The molecule has 0 atom stereocenters. The van der Waals surface area contributed by atoms with Crippen LogP contribution in [0.5, 0.6) is 0 Å². The third-order valence-corrected chi connectivity index (χ3v) is 4.25. The first-order valence-electron chi connectivity index (χ1n) is 6.88. The first kappa shape index (κ1) is 26.8. The predicted molar refractivity (Wildman–Crippen MR) is 70.3 cm³/mol. The molecule has 0 fully saturated rings. The van der Waals surface area contributed by atoms with Gasteiger partial charge in [-0.15, -0.1) is 0 Å². The zero-order valence-corrected chi connectivity index (χ0v) is 14.0. The molecule has 0 spiro atoms. The third kappa shape index (κ3) is 4.86. The lowest BCUT2D eigenvalue weighted by Crippen LogP contribution is -2.70. The minimum Gasteiger partial charge on any atom is -0.211 e. The van der Waals surface area contributed by atoms with Crippen molar-refractivity contribution in [2.75, 3.05) is 18.1 Å². The van der Waals surface area contributed by atoms with Crippen LogP contribution in [0.4, 0.5) is 57.1 Å². The monoisotopic (exact) mass is 463 g/mol. The molecule has 16 heteroatoms. The van der Waals surface area contributed by atoms with Gasteiger partial charge in [0.2, 0.25) is 6.08 Å². The van der Waals surface area contributed by atoms with Crippen LogP contribution >= 0.6 is 11.8 Å². The maximum absolute atomic E-state index is 13.4. The van der Waals surface area contributed by atoms with E-state index >= 15 is 0 Å². The molecule has 2 nitrogen and oxygen atoms in total. The Hall–Kier alpha value is -1.18. The number of aliphatic imine (C=N–C) groups is 1. The van der Waals surface area contributed by atoms with E-state index in [9.17, 15) is 61.9 Å². The van der Waals surface area contributed by atoms with E-state index in [1.807, 2.05) is 0 Å². The summed E-state index contributed by atoms with van der Waals surface area (Å²) in [4.78, 5) is 12.7. The van der Waals surface area contributed by atoms with E-state index in [-0.39, 0.29) is 18.7 Å². The fourth-order valence-corrected chi connectivity index (χ4v) is 2.49. The largest absolute Gasteiger partial charge is 0.460 e. The minimum atomic E-state index is -7.87. The van der Waals surface area contributed by atoms with E-state index in [1.165, 1.54) is 0 Å². The van der Waals surface area contributed by atoms with E-state index < -0.39 is 48.0 Å². The summed E-state index contributed by atoms with van der Waals surface area (Å²) >= 11 is 0.411. The Morgan fingerprint density at radius 3 is 1.57 bits per heavy atom. The van der Waals surface area contributed by atoms with Crippen molar-refractivity contribution in [1.82, 2.24) is 0 Å². The van der Waals surface area contributed by atoms with Crippen LogP contribution in [0, 0.1) is 0 Å². The van der Waals surface area contributed by atoms with Crippen molar-refractivity contribution < 1.29 is 61.9 Å². The van der Waals surface area contributed by atoms with Gasteiger partial charge >= 0.3 is 35.8 Å². The van der Waals surface area contributed by atoms with Gasteiger partial charge in [0.25, 0.3) is 0 Å². The Morgan fingerprint density at radius 1 is 0.679 bits per heavy atom. The Morgan fingerprint density at radius 2 is 1.14 bits per heavy atom. The van der Waals surface area contributed by atoms with Crippen LogP contribution < -0.4 is 0 Å². The summed E-state index contributed by atoms with van der Waals surface area (Å²) in [5, 5.41) is 0. The highest BCUT2D eigenvalue weighted by Gasteiger charge is 2.90. The van der Waals surface area contributed by atoms with Crippen molar-refractivity contribution in [3.63, 3.8) is 0 Å². The summed E-state index contributed by atoms with van der Waals surface area (Å²) in [5.41, 5.74) is 0. The molecule has 0 aromatic carbocycles. The third-order valence-electron chi connectivity index (χ3n) is 3.18. The number of alkyl halides is 13. The molecule has 0 aromatic rings. The highest BCUT2D eigenvalue weighted by Crippen LogP contribution is 2.60. The summed E-state index contributed by atoms with van der Waals surface area (Å²) in [5.74, 6) is -37.8. The fourth-order valence-electron chi connectivity index (χ4n) is 1.55. The molecule has 0 heterocycles. The maximum Gasteiger partial charge on any atom is 0.460 e. The van der Waals surface area contributed by atoms with E-state index in [2.05, 4.69) is 4.99 Å². The van der Waals surface area contributed by atoms with Crippen LogP contribution in [-0.2, 0) is 4.79 Å². The first-order chi connectivity index (χ1) is 12.3. The molecule has 0 bridgehead atoms. The zero-order valence-electron chi connectivity index (χ0n) is 13.2. The SMILES string of the molecule is O=C=NCCCSCCC(F)(F)C(F)(F)C(F)(F)C(F)(F)C(F)(F)C(F)(F)F. The number of halogens is 13. The Kier molecular flexibility index (Phi) is 8.31. The van der Waals surface area contributed by atoms with Crippen molar-refractivity contribution in [1.29, 1.82) is 0 Å². The second kappa shape index (κ2) is 8.67. The van der Waals surface area contributed by atoms with E-state index in [0.29, 0.717) is 11.8 Å². The highest BCUT2D eigenvalue weighted by atomic mass is 32.2. The molecule has 28 heavy (non-hydrogen) atoms. The molecular weight excluding hydrogens is 453 g/mol. The van der Waals surface area contributed by atoms with Crippen LogP contribution in [0.1, 0.15) is 12.8 Å². The molecule has 166 valence electrons. The summed E-state index contributed by atoms with van der Waals surface area (Å²) in [6.07, 6.45) is -8.50. The molecule has 0 unspecified atom stereocenters. The van der Waals surface area contributed by atoms with Crippen molar-refractivity contribution in [3.8, 4) is 0 Å². The van der Waals surface area contributed by atoms with Crippen LogP contribution in [0.15, 0.2) is 4.99 Å². The average molecular weight is 463 g/mol. The number of hydrogen-bond acceptors (Lipinski definition) is 3. The smallest absolute Gasteiger partial charge is 0.211 e. The van der Waals surface area contributed by atoms with Gasteiger partial charge in [-0.3, -0.25) is 0 Å². The Labute approximate surface area is 152 Å². The van der Waals surface area contributed by atoms with Gasteiger partial charge in [-0.05, 0) is 17.9 Å². The van der Waals surface area contributed by atoms with Gasteiger partial charge in [0.05, 0.1) is 6.54 Å². The number of carbonyl (C=O) groups excluding carboxylic acids is 1. The number of isocyanates is 1. The second-order valence-electron chi connectivity index (χ2n) is 5.19. The number of nitrogens with zero attached hydrogens (tertiary/aromatic N) is 1. The predicted octanol–water partition coefficient (Wildman–Crippen LogP) is 5.57. The number of rotatable bonds is 11. The molecule has 0 N–H and O–H groups in total. The van der Waals surface area contributed by atoms with Gasteiger partial charge in [0, 0.05) is 6.42 Å². The topological polar surface area (TPSA) is 29.4 Å². The van der Waals surface area contributed by atoms with Crippen LogP contribution in [0.25, 0.3) is 0 Å². The van der Waals surface area contributed by atoms with Gasteiger partial charge in [0.1, 0.15) is 0 Å². The molecule has 0 amide bonds. The van der Waals surface area contributed by atoms with Gasteiger partial charge < -0.3 is 0 Å². The van der Waals surface area contributed by atoms with Crippen LogP contribution in [0.3, 0.4) is 0 Å². The first-order valence-corrected chi connectivity index (χ1v) is 8.04. The fraction of sp³-hybridized carbons (Fsp3) is 0.917. The van der Waals surface area contributed by atoms with Crippen LogP contribution in [-0.4, -0.2) is 59.9 Å². The lowest BCUT2D eigenvalue weighted by atomic mass is 9.93. The molecule has 0 saturated carbocycles. The normalized spacial score (nSPS) is 14.8. The highest BCUT2D eigenvalue weighted by molar-refractivity contribution is 7.99. The summed E-state index contributed by atoms with van der Waals surface area (Å²) in [7, 11) is 0. The van der Waals surface area contributed by atoms with Gasteiger partial charge in [0.15, 0.2) is 0 Å². The molecular formula is C12H10F13NOS. The standard InChI is InChI=1S/C12H10F13NOS/c13-7(14,2-5-28-4-1-3-26-6-27)8(15,16)9(17,18)10(19,20)11(21,22)12(23,24)25/h1-5H2. The zero-order chi connectivity index (χ0) is 22.7. The number of thioether (sulfide) groups is 1. The average Bonchev–Trinajstić information content (AvgIpc) is 2.52. The molecule has 0 rings (SSSR count). The second-order valence-corrected chi connectivity index (χ2v) is 6.41. The minimum absolute atomic E-state index is 0.0356. The van der Waals surface area contributed by atoms with Crippen molar-refractivity contribution in [3.05, 3.63) is 0 Å². The lowest BCUT2D eigenvalue weighted by molar-refractivity contribution is -0.439. The van der Waals surface area contributed by atoms with Gasteiger partial charge in [-0.25, -0.2) is 9.79 Å². The van der Waals surface area contributed by atoms with Crippen molar-refractivity contribution in [2.24, 2.45) is 4.99 Å². The lowest BCUT2D eigenvalue weighted by Gasteiger charge is -2.39. The summed E-state index contributed by atoms with van der Waals surface area (Å²) < 4.78 is 167.